The van der Waals surface area contributed by atoms with Gasteiger partial charge >= 0.3 is 0 Å². The molecule has 0 N–H and O–H groups in total. The smallest absolute Gasteiger partial charge is 0.152 e. The lowest BCUT2D eigenvalue weighted by atomic mass is 10.2. The number of oxime groups is 1. The first-order valence-corrected chi connectivity index (χ1v) is 3.96. The molecular formula is C8H8BrNO. The normalized spacial score (nSPS) is 11.3. The second kappa shape index (κ2) is 4.13. The van der Waals surface area contributed by atoms with Crippen LogP contribution < -0.4 is 0 Å². The van der Waals surface area contributed by atoms with Gasteiger partial charge in [-0.05, 0) is 15.9 Å². The zero-order valence-corrected chi connectivity index (χ0v) is 7.71. The fourth-order valence-corrected chi connectivity index (χ4v) is 1.12. The molecule has 0 heterocycles. The van der Waals surface area contributed by atoms with E-state index in [0.29, 0.717) is 4.62 Å². The highest BCUT2D eigenvalue weighted by molar-refractivity contribution is 9.18. The number of halogens is 1. The number of hydrogen-bond acceptors (Lipinski definition) is 2. The quantitative estimate of drug-likeness (QED) is 0.547. The summed E-state index contributed by atoms with van der Waals surface area (Å²) in [6, 6.07) is 9.75. The first kappa shape index (κ1) is 8.27. The van der Waals surface area contributed by atoms with Crippen molar-refractivity contribution in [3.63, 3.8) is 0 Å². The highest BCUT2D eigenvalue weighted by Crippen LogP contribution is 2.05. The molecule has 0 fully saturated rings. The van der Waals surface area contributed by atoms with Crippen LogP contribution >= 0.6 is 15.9 Å². The molecule has 58 valence electrons. The molecule has 0 saturated carbocycles. The number of benzene rings is 1. The predicted molar refractivity (Wildman–Crippen MR) is 48.9 cm³/mol. The van der Waals surface area contributed by atoms with Crippen LogP contribution in [0, 0.1) is 0 Å². The van der Waals surface area contributed by atoms with E-state index in [-0.39, 0.29) is 0 Å². The maximum atomic E-state index is 4.60. The number of nitrogens with zero attached hydrogens (tertiary/aromatic N) is 1. The highest BCUT2D eigenvalue weighted by atomic mass is 79.9. The molecule has 0 unspecified atom stereocenters. The van der Waals surface area contributed by atoms with E-state index in [0.717, 1.165) is 5.56 Å². The molecule has 1 rings (SSSR count). The van der Waals surface area contributed by atoms with Crippen molar-refractivity contribution < 1.29 is 4.84 Å². The van der Waals surface area contributed by atoms with Gasteiger partial charge in [0.15, 0.2) is 4.62 Å². The Hall–Kier alpha value is -0.830. The van der Waals surface area contributed by atoms with Gasteiger partial charge in [-0.25, -0.2) is 0 Å². The van der Waals surface area contributed by atoms with Crippen LogP contribution in [0.25, 0.3) is 0 Å². The summed E-state index contributed by atoms with van der Waals surface area (Å²) in [4.78, 5) is 4.60. The second-order valence-corrected chi connectivity index (χ2v) is 2.68. The van der Waals surface area contributed by atoms with Crippen molar-refractivity contribution in [1.29, 1.82) is 0 Å². The van der Waals surface area contributed by atoms with Gasteiger partial charge in [0, 0.05) is 5.56 Å². The van der Waals surface area contributed by atoms with Gasteiger partial charge in [0.05, 0.1) is 0 Å². The minimum atomic E-state index is 0.709. The SMILES string of the molecule is CON=C(Br)c1ccccc1. The van der Waals surface area contributed by atoms with Crippen LogP contribution in [-0.4, -0.2) is 11.7 Å². The molecule has 0 spiro atoms. The third kappa shape index (κ3) is 2.35. The van der Waals surface area contributed by atoms with Gasteiger partial charge in [-0.2, -0.15) is 0 Å². The lowest BCUT2D eigenvalue weighted by Crippen LogP contribution is -1.89. The summed E-state index contributed by atoms with van der Waals surface area (Å²) in [6.45, 7) is 0. The van der Waals surface area contributed by atoms with Gasteiger partial charge < -0.3 is 4.84 Å². The molecule has 0 saturated heterocycles. The molecule has 1 aromatic rings. The molecule has 0 bridgehead atoms. The van der Waals surface area contributed by atoms with Crippen LogP contribution in [0.1, 0.15) is 5.56 Å². The molecule has 0 amide bonds. The van der Waals surface area contributed by atoms with Gasteiger partial charge in [0.1, 0.15) is 7.11 Å². The van der Waals surface area contributed by atoms with Crippen LogP contribution in [0.5, 0.6) is 0 Å². The Balaban J connectivity index is 2.85. The standard InChI is InChI=1S/C8H8BrNO/c1-11-10-8(9)7-5-3-2-4-6-7/h2-6H,1H3. The Bertz CT molecular complexity index is 246. The van der Waals surface area contributed by atoms with Crippen molar-refractivity contribution in [3.05, 3.63) is 35.9 Å². The minimum absolute atomic E-state index is 0.709. The average Bonchev–Trinajstić information content (AvgIpc) is 2.07. The average molecular weight is 214 g/mol. The van der Waals surface area contributed by atoms with Crippen molar-refractivity contribution in [3.8, 4) is 0 Å². The predicted octanol–water partition coefficient (Wildman–Crippen LogP) is 2.39. The van der Waals surface area contributed by atoms with E-state index in [1.807, 2.05) is 30.3 Å². The lowest BCUT2D eigenvalue weighted by molar-refractivity contribution is 0.215. The third-order valence-electron chi connectivity index (χ3n) is 1.18. The van der Waals surface area contributed by atoms with Crippen molar-refractivity contribution in [2.45, 2.75) is 0 Å². The van der Waals surface area contributed by atoms with Crippen molar-refractivity contribution in [2.75, 3.05) is 7.11 Å². The number of hydrogen-bond donors (Lipinski definition) is 0. The Morgan fingerprint density at radius 2 is 2.00 bits per heavy atom. The third-order valence-corrected chi connectivity index (χ3v) is 1.79. The van der Waals surface area contributed by atoms with Gasteiger partial charge in [-0.1, -0.05) is 35.5 Å². The van der Waals surface area contributed by atoms with Crippen LogP contribution in [0.3, 0.4) is 0 Å². The van der Waals surface area contributed by atoms with Crippen LogP contribution in [0.15, 0.2) is 35.5 Å². The summed E-state index contributed by atoms with van der Waals surface area (Å²) in [5.74, 6) is 0. The fraction of sp³-hybridized carbons (Fsp3) is 0.125. The monoisotopic (exact) mass is 213 g/mol. The van der Waals surface area contributed by atoms with E-state index < -0.39 is 0 Å². The fourth-order valence-electron chi connectivity index (χ4n) is 0.709. The Morgan fingerprint density at radius 1 is 1.36 bits per heavy atom. The first-order valence-electron chi connectivity index (χ1n) is 3.16. The Kier molecular flexibility index (Phi) is 3.11. The molecule has 0 radical (unpaired) electrons. The second-order valence-electron chi connectivity index (χ2n) is 1.93. The molecular weight excluding hydrogens is 206 g/mol. The summed E-state index contributed by atoms with van der Waals surface area (Å²) in [5.41, 5.74) is 1.01. The molecule has 1 aromatic carbocycles. The topological polar surface area (TPSA) is 21.6 Å². The zero-order valence-electron chi connectivity index (χ0n) is 6.12. The van der Waals surface area contributed by atoms with E-state index in [2.05, 4.69) is 25.9 Å². The van der Waals surface area contributed by atoms with Gasteiger partial charge in [0.25, 0.3) is 0 Å². The number of rotatable bonds is 2. The molecule has 0 aliphatic heterocycles. The van der Waals surface area contributed by atoms with Gasteiger partial charge in [-0.3, -0.25) is 0 Å². The van der Waals surface area contributed by atoms with Crippen molar-refractivity contribution in [1.82, 2.24) is 0 Å². The van der Waals surface area contributed by atoms with E-state index >= 15 is 0 Å². The summed E-state index contributed by atoms with van der Waals surface area (Å²) in [6.07, 6.45) is 0. The molecule has 11 heavy (non-hydrogen) atoms. The van der Waals surface area contributed by atoms with Crippen LogP contribution in [0.2, 0.25) is 0 Å². The van der Waals surface area contributed by atoms with Crippen LogP contribution in [-0.2, 0) is 4.84 Å². The van der Waals surface area contributed by atoms with E-state index in [1.54, 1.807) is 0 Å². The molecule has 0 aliphatic carbocycles. The molecule has 0 atom stereocenters. The van der Waals surface area contributed by atoms with Gasteiger partial charge in [0.2, 0.25) is 0 Å². The molecule has 3 heteroatoms. The Labute approximate surface area is 74.0 Å². The maximum Gasteiger partial charge on any atom is 0.152 e. The minimum Gasteiger partial charge on any atom is -0.398 e. The summed E-state index contributed by atoms with van der Waals surface area (Å²) in [7, 11) is 1.52. The lowest BCUT2D eigenvalue weighted by Gasteiger charge is -1.95. The molecule has 2 nitrogen and oxygen atoms in total. The molecule has 0 aliphatic rings. The maximum absolute atomic E-state index is 4.60. The Morgan fingerprint density at radius 3 is 2.55 bits per heavy atom. The largest absolute Gasteiger partial charge is 0.398 e. The van der Waals surface area contributed by atoms with E-state index in [1.165, 1.54) is 7.11 Å². The van der Waals surface area contributed by atoms with Crippen molar-refractivity contribution in [2.24, 2.45) is 5.16 Å². The van der Waals surface area contributed by atoms with E-state index in [4.69, 9.17) is 0 Å². The van der Waals surface area contributed by atoms with Crippen LogP contribution in [0.4, 0.5) is 0 Å². The highest BCUT2D eigenvalue weighted by Gasteiger charge is 1.95. The summed E-state index contributed by atoms with van der Waals surface area (Å²) >= 11 is 3.27. The summed E-state index contributed by atoms with van der Waals surface area (Å²) < 4.78 is 0.709. The first-order chi connectivity index (χ1) is 5.34. The zero-order chi connectivity index (χ0) is 8.10. The van der Waals surface area contributed by atoms with E-state index in [9.17, 15) is 0 Å². The van der Waals surface area contributed by atoms with Crippen molar-refractivity contribution >= 4 is 20.6 Å². The summed E-state index contributed by atoms with van der Waals surface area (Å²) in [5, 5.41) is 3.73. The van der Waals surface area contributed by atoms with Gasteiger partial charge in [-0.15, -0.1) is 0 Å². The molecule has 0 aromatic heterocycles.